The predicted octanol–water partition coefficient (Wildman–Crippen LogP) is 2.90. The fourth-order valence-corrected chi connectivity index (χ4v) is 5.47. The minimum Gasteiger partial charge on any atom is -0.348 e. The molecule has 3 rings (SSSR count). The van der Waals surface area contributed by atoms with Crippen LogP contribution >= 0.6 is 11.6 Å². The third-order valence-electron chi connectivity index (χ3n) is 5.26. The fourth-order valence-electron chi connectivity index (χ4n) is 3.62. The normalized spacial score (nSPS) is 16.7. The Balaban J connectivity index is 1.59. The van der Waals surface area contributed by atoms with Gasteiger partial charge in [-0.25, -0.2) is 8.42 Å². The number of hydrogen-bond donors (Lipinski definition) is 2. The molecule has 2 aromatic carbocycles. The molecule has 1 saturated heterocycles. The van der Waals surface area contributed by atoms with E-state index >= 15 is 0 Å². The van der Waals surface area contributed by atoms with Crippen LogP contribution < -0.4 is 10.6 Å². The van der Waals surface area contributed by atoms with Crippen LogP contribution in [-0.2, 0) is 19.6 Å². The Labute approximate surface area is 192 Å². The molecule has 2 amide bonds. The van der Waals surface area contributed by atoms with Gasteiger partial charge in [0.15, 0.2) is 0 Å². The van der Waals surface area contributed by atoms with E-state index in [-0.39, 0.29) is 28.7 Å². The fraction of sp³-hybridized carbons (Fsp3) is 0.318. The molecule has 0 bridgehead atoms. The maximum absolute atomic E-state index is 13.1. The molecule has 8 nitrogen and oxygen atoms in total. The van der Waals surface area contributed by atoms with Crippen LogP contribution in [0, 0.1) is 11.3 Å². The summed E-state index contributed by atoms with van der Waals surface area (Å²) in [5, 5.41) is 14.5. The van der Waals surface area contributed by atoms with E-state index in [4.69, 9.17) is 16.9 Å². The molecule has 0 radical (unpaired) electrons. The first-order chi connectivity index (χ1) is 15.3. The summed E-state index contributed by atoms with van der Waals surface area (Å²) in [5.41, 5.74) is 0.501. The molecule has 1 unspecified atom stereocenters. The molecule has 1 atom stereocenters. The second kappa shape index (κ2) is 10.6. The van der Waals surface area contributed by atoms with Crippen LogP contribution in [0.4, 0.5) is 5.69 Å². The lowest BCUT2D eigenvalue weighted by Gasteiger charge is -2.34. The molecular formula is C22H23ClN4O4S. The van der Waals surface area contributed by atoms with Gasteiger partial charge in [-0.3, -0.25) is 9.59 Å². The Hall–Kier alpha value is -2.93. The monoisotopic (exact) mass is 474 g/mol. The van der Waals surface area contributed by atoms with Crippen LogP contribution in [0.1, 0.15) is 31.2 Å². The van der Waals surface area contributed by atoms with Crippen molar-refractivity contribution in [3.8, 4) is 6.07 Å². The average molecular weight is 475 g/mol. The third-order valence-corrected chi connectivity index (χ3v) is 7.48. The number of nitrogens with one attached hydrogen (secondary N) is 2. The lowest BCUT2D eigenvalue weighted by molar-refractivity contribution is -0.136. The second-order valence-corrected chi connectivity index (χ2v) is 9.70. The van der Waals surface area contributed by atoms with E-state index in [0.717, 1.165) is 12.8 Å². The Morgan fingerprint density at radius 1 is 1.09 bits per heavy atom. The summed E-state index contributed by atoms with van der Waals surface area (Å²) >= 11 is 5.87. The van der Waals surface area contributed by atoms with Gasteiger partial charge in [-0.15, -0.1) is 0 Å². The van der Waals surface area contributed by atoms with Gasteiger partial charge in [-0.1, -0.05) is 30.2 Å². The number of piperidine rings is 1. The molecule has 2 N–H and O–H groups in total. The molecule has 0 spiro atoms. The van der Waals surface area contributed by atoms with E-state index in [1.54, 1.807) is 12.1 Å². The van der Waals surface area contributed by atoms with Gasteiger partial charge in [0.2, 0.25) is 10.0 Å². The molecule has 0 saturated carbocycles. The first-order valence-corrected chi connectivity index (χ1v) is 12.0. The summed E-state index contributed by atoms with van der Waals surface area (Å²) in [4.78, 5) is 24.5. The number of sulfonamides is 1. The first-order valence-electron chi connectivity index (χ1n) is 10.2. The highest BCUT2D eigenvalue weighted by Gasteiger charge is 2.33. The minimum absolute atomic E-state index is 0.142. The molecule has 32 heavy (non-hydrogen) atoms. The van der Waals surface area contributed by atoms with Crippen molar-refractivity contribution in [3.63, 3.8) is 0 Å². The van der Waals surface area contributed by atoms with Crippen LogP contribution in [0.2, 0.25) is 5.02 Å². The molecule has 2 aromatic rings. The number of nitrogens with zero attached hydrogens (tertiary/aromatic N) is 2. The molecule has 1 aliphatic heterocycles. The van der Waals surface area contributed by atoms with Gasteiger partial charge in [-0.05, 0) is 55.7 Å². The summed E-state index contributed by atoms with van der Waals surface area (Å²) in [6, 6.07) is 14.1. The van der Waals surface area contributed by atoms with Gasteiger partial charge in [0.1, 0.15) is 6.07 Å². The van der Waals surface area contributed by atoms with Crippen LogP contribution in [0.25, 0.3) is 0 Å². The highest BCUT2D eigenvalue weighted by atomic mass is 35.5. The van der Waals surface area contributed by atoms with E-state index in [1.807, 2.05) is 6.07 Å². The average Bonchev–Trinajstić information content (AvgIpc) is 2.80. The first kappa shape index (κ1) is 23.7. The molecule has 10 heteroatoms. The number of halogens is 1. The zero-order chi connectivity index (χ0) is 23.1. The lowest BCUT2D eigenvalue weighted by atomic mass is 10.0. The predicted molar refractivity (Wildman–Crippen MR) is 120 cm³/mol. The summed E-state index contributed by atoms with van der Waals surface area (Å²) < 4.78 is 27.6. The summed E-state index contributed by atoms with van der Waals surface area (Å²) in [6.07, 6.45) is 2.69. The van der Waals surface area contributed by atoms with Crippen molar-refractivity contribution in [2.24, 2.45) is 0 Å². The van der Waals surface area contributed by atoms with Gasteiger partial charge in [0.25, 0.3) is 0 Å². The zero-order valence-electron chi connectivity index (χ0n) is 17.3. The van der Waals surface area contributed by atoms with Gasteiger partial charge in [0, 0.05) is 24.2 Å². The van der Waals surface area contributed by atoms with Crippen molar-refractivity contribution in [2.75, 3.05) is 18.4 Å². The van der Waals surface area contributed by atoms with Crippen molar-refractivity contribution in [1.82, 2.24) is 9.62 Å². The maximum Gasteiger partial charge on any atom is 0.313 e. The van der Waals surface area contributed by atoms with Gasteiger partial charge < -0.3 is 10.6 Å². The van der Waals surface area contributed by atoms with Crippen molar-refractivity contribution >= 4 is 39.1 Å². The Morgan fingerprint density at radius 3 is 2.53 bits per heavy atom. The van der Waals surface area contributed by atoms with E-state index < -0.39 is 21.8 Å². The standard InChI is InChI=1S/C22H23ClN4O4S/c23-17-8-10-19(11-9-17)32(30,31)27-14-4-3-6-18(27)12-13-25-21(28)22(29)26-20-7-2-1-5-16(20)15-24/h1-2,5,7-11,18H,3-4,6,12-14H2,(H,25,28)(H,26,29). The summed E-state index contributed by atoms with van der Waals surface area (Å²) in [5.74, 6) is -1.73. The highest BCUT2D eigenvalue weighted by molar-refractivity contribution is 7.89. The third kappa shape index (κ3) is 5.65. The number of hydrogen-bond acceptors (Lipinski definition) is 5. The second-order valence-electron chi connectivity index (χ2n) is 7.38. The summed E-state index contributed by atoms with van der Waals surface area (Å²) in [7, 11) is -3.69. The number of carbonyl (C=O) groups is 2. The van der Waals surface area contributed by atoms with E-state index in [1.165, 1.54) is 40.7 Å². The lowest BCUT2D eigenvalue weighted by Crippen LogP contribution is -2.45. The largest absolute Gasteiger partial charge is 0.348 e. The van der Waals surface area contributed by atoms with Crippen LogP contribution in [-0.4, -0.2) is 43.7 Å². The van der Waals surface area contributed by atoms with Crippen molar-refractivity contribution in [3.05, 3.63) is 59.1 Å². The van der Waals surface area contributed by atoms with Crippen molar-refractivity contribution in [1.29, 1.82) is 5.26 Å². The molecule has 168 valence electrons. The van der Waals surface area contributed by atoms with Crippen molar-refractivity contribution < 1.29 is 18.0 Å². The number of carbonyl (C=O) groups excluding carboxylic acids is 2. The van der Waals surface area contributed by atoms with Crippen LogP contribution in [0.15, 0.2) is 53.4 Å². The number of nitriles is 1. The molecule has 1 fully saturated rings. The number of amides is 2. The highest BCUT2D eigenvalue weighted by Crippen LogP contribution is 2.27. The Morgan fingerprint density at radius 2 is 1.81 bits per heavy atom. The SMILES string of the molecule is N#Cc1ccccc1NC(=O)C(=O)NCCC1CCCCN1S(=O)(=O)c1ccc(Cl)cc1. The quantitative estimate of drug-likeness (QED) is 0.624. The van der Waals surface area contributed by atoms with Crippen LogP contribution in [0.5, 0.6) is 0 Å². The number of anilines is 1. The Kier molecular flexibility index (Phi) is 7.85. The molecule has 0 aliphatic carbocycles. The van der Waals surface area contributed by atoms with E-state index in [2.05, 4.69) is 10.6 Å². The maximum atomic E-state index is 13.1. The van der Waals surface area contributed by atoms with E-state index in [9.17, 15) is 18.0 Å². The summed E-state index contributed by atoms with van der Waals surface area (Å²) in [6.45, 7) is 0.540. The minimum atomic E-state index is -3.69. The topological polar surface area (TPSA) is 119 Å². The molecular weight excluding hydrogens is 452 g/mol. The zero-order valence-corrected chi connectivity index (χ0v) is 18.8. The van der Waals surface area contributed by atoms with Crippen molar-refractivity contribution in [2.45, 2.75) is 36.6 Å². The van der Waals surface area contributed by atoms with Gasteiger partial charge in [0.05, 0.1) is 16.1 Å². The Bertz CT molecular complexity index is 1130. The number of rotatable bonds is 6. The smallest absolute Gasteiger partial charge is 0.313 e. The van der Waals surface area contributed by atoms with Gasteiger partial charge >= 0.3 is 11.8 Å². The van der Waals surface area contributed by atoms with Gasteiger partial charge in [-0.2, -0.15) is 9.57 Å². The number of para-hydroxylation sites is 1. The molecule has 1 aliphatic rings. The molecule has 1 heterocycles. The van der Waals surface area contributed by atoms with E-state index in [0.29, 0.717) is 24.4 Å². The number of benzene rings is 2. The van der Waals surface area contributed by atoms with Crippen LogP contribution in [0.3, 0.4) is 0 Å². The molecule has 0 aromatic heterocycles.